The van der Waals surface area contributed by atoms with Gasteiger partial charge >= 0.3 is 0 Å². The van der Waals surface area contributed by atoms with Gasteiger partial charge in [-0.3, -0.25) is 0 Å². The lowest BCUT2D eigenvalue weighted by molar-refractivity contribution is -0.108. The van der Waals surface area contributed by atoms with E-state index in [2.05, 4.69) is 10.2 Å². The average molecular weight is 229 g/mol. The first-order chi connectivity index (χ1) is 8.20. The number of rotatable bonds is 4. The quantitative estimate of drug-likeness (QED) is 0.755. The molecular weight excluding hydrogens is 214 g/mol. The molecule has 0 amide bonds. The van der Waals surface area contributed by atoms with Gasteiger partial charge < -0.3 is 4.79 Å². The van der Waals surface area contributed by atoms with Crippen LogP contribution in [0.15, 0.2) is 30.5 Å². The average Bonchev–Trinajstić information content (AvgIpc) is 2.76. The second-order valence-corrected chi connectivity index (χ2v) is 4.17. The molecule has 0 saturated carbocycles. The molecule has 2 rings (SSSR count). The topological polar surface area (TPSA) is 47.8 Å². The molecule has 4 nitrogen and oxygen atoms in total. The lowest BCUT2D eigenvalue weighted by Gasteiger charge is -2.08. The van der Waals surface area contributed by atoms with Crippen molar-refractivity contribution < 1.29 is 4.79 Å². The summed E-state index contributed by atoms with van der Waals surface area (Å²) < 4.78 is 0. The molecule has 0 spiro atoms. The Morgan fingerprint density at radius 3 is 2.59 bits per heavy atom. The molecule has 1 aromatic carbocycles. The number of carbonyl (C=O) groups is 1. The van der Waals surface area contributed by atoms with Gasteiger partial charge in [0.2, 0.25) is 0 Å². The molecule has 0 aliphatic rings. The second kappa shape index (κ2) is 4.91. The molecule has 1 aromatic heterocycles. The van der Waals surface area contributed by atoms with Crippen LogP contribution in [0.4, 0.5) is 0 Å². The van der Waals surface area contributed by atoms with Crippen molar-refractivity contribution in [2.75, 3.05) is 0 Å². The van der Waals surface area contributed by atoms with Gasteiger partial charge in [0, 0.05) is 6.42 Å². The Bertz CT molecular complexity index is 502. The van der Waals surface area contributed by atoms with Crippen molar-refractivity contribution >= 4 is 6.29 Å². The number of hydrogen-bond acceptors (Lipinski definition) is 3. The van der Waals surface area contributed by atoms with Crippen LogP contribution in [-0.2, 0) is 4.79 Å². The second-order valence-electron chi connectivity index (χ2n) is 4.17. The van der Waals surface area contributed by atoms with Crippen molar-refractivity contribution in [3.05, 3.63) is 41.7 Å². The van der Waals surface area contributed by atoms with E-state index in [-0.39, 0.29) is 5.92 Å². The Hall–Kier alpha value is -1.97. The number of aromatic nitrogens is 3. The number of aryl methyl sites for hydroxylation is 1. The Labute approximate surface area is 100 Å². The fourth-order valence-electron chi connectivity index (χ4n) is 1.68. The van der Waals surface area contributed by atoms with Gasteiger partial charge in [0.1, 0.15) is 6.29 Å². The first kappa shape index (κ1) is 11.5. The lowest BCUT2D eigenvalue weighted by atomic mass is 9.98. The van der Waals surface area contributed by atoms with E-state index in [1.54, 1.807) is 11.0 Å². The van der Waals surface area contributed by atoms with Crippen molar-refractivity contribution in [3.8, 4) is 5.69 Å². The summed E-state index contributed by atoms with van der Waals surface area (Å²) in [6.45, 7) is 3.95. The third kappa shape index (κ3) is 2.58. The fraction of sp³-hybridized carbons (Fsp3) is 0.308. The van der Waals surface area contributed by atoms with Crippen LogP contribution in [-0.4, -0.2) is 21.3 Å². The van der Waals surface area contributed by atoms with Crippen LogP contribution in [0.25, 0.3) is 5.69 Å². The third-order valence-electron chi connectivity index (χ3n) is 2.75. The SMILES string of the molecule is Cc1cnn(-c2ccc(C(C)CC=O)cc2)n1. The van der Waals surface area contributed by atoms with Gasteiger partial charge in [-0.1, -0.05) is 19.1 Å². The highest BCUT2D eigenvalue weighted by molar-refractivity contribution is 5.51. The molecule has 0 saturated heterocycles. The smallest absolute Gasteiger partial charge is 0.120 e. The molecule has 1 heterocycles. The van der Waals surface area contributed by atoms with Crippen molar-refractivity contribution in [3.63, 3.8) is 0 Å². The zero-order valence-electron chi connectivity index (χ0n) is 10.00. The van der Waals surface area contributed by atoms with Gasteiger partial charge in [-0.15, -0.1) is 0 Å². The molecular formula is C13H15N3O. The highest BCUT2D eigenvalue weighted by Gasteiger charge is 2.05. The molecule has 1 unspecified atom stereocenters. The monoisotopic (exact) mass is 229 g/mol. The maximum absolute atomic E-state index is 10.5. The molecule has 0 fully saturated rings. The van der Waals surface area contributed by atoms with Gasteiger partial charge in [0.15, 0.2) is 0 Å². The van der Waals surface area contributed by atoms with Gasteiger partial charge in [-0.2, -0.15) is 15.0 Å². The highest BCUT2D eigenvalue weighted by Crippen LogP contribution is 2.19. The maximum Gasteiger partial charge on any atom is 0.120 e. The molecule has 0 aliphatic heterocycles. The predicted octanol–water partition coefficient (Wildman–Crippen LogP) is 2.27. The Morgan fingerprint density at radius 1 is 1.35 bits per heavy atom. The van der Waals surface area contributed by atoms with E-state index in [1.807, 2.05) is 38.1 Å². The molecule has 0 aliphatic carbocycles. The number of benzene rings is 1. The summed E-state index contributed by atoms with van der Waals surface area (Å²) in [5, 5.41) is 8.39. The summed E-state index contributed by atoms with van der Waals surface area (Å²) >= 11 is 0. The van der Waals surface area contributed by atoms with Crippen LogP contribution in [0, 0.1) is 6.92 Å². The molecule has 88 valence electrons. The van der Waals surface area contributed by atoms with Crippen LogP contribution in [0.3, 0.4) is 0 Å². The lowest BCUT2D eigenvalue weighted by Crippen LogP contribution is -2.00. The molecule has 0 N–H and O–H groups in total. The van der Waals surface area contributed by atoms with Crippen molar-refractivity contribution in [1.82, 2.24) is 15.0 Å². The standard InChI is InChI=1S/C13H15N3O/c1-10(7-8-17)12-3-5-13(6-4-12)16-14-9-11(2)15-16/h3-6,8-10H,7H2,1-2H3. The van der Waals surface area contributed by atoms with Gasteiger partial charge in [0.25, 0.3) is 0 Å². The van der Waals surface area contributed by atoms with E-state index in [4.69, 9.17) is 0 Å². The zero-order valence-corrected chi connectivity index (χ0v) is 10.00. The number of hydrogen-bond donors (Lipinski definition) is 0. The maximum atomic E-state index is 10.5. The van der Waals surface area contributed by atoms with Crippen LogP contribution in [0.1, 0.15) is 30.5 Å². The first-order valence-electron chi connectivity index (χ1n) is 5.63. The van der Waals surface area contributed by atoms with Gasteiger partial charge in [-0.25, -0.2) is 0 Å². The van der Waals surface area contributed by atoms with Crippen molar-refractivity contribution in [2.45, 2.75) is 26.2 Å². The highest BCUT2D eigenvalue weighted by atomic mass is 16.1. The first-order valence-corrected chi connectivity index (χ1v) is 5.63. The summed E-state index contributed by atoms with van der Waals surface area (Å²) in [6.07, 6.45) is 3.23. The number of carbonyl (C=O) groups excluding carboxylic acids is 1. The summed E-state index contributed by atoms with van der Waals surface area (Å²) in [5.74, 6) is 0.258. The fourth-order valence-corrected chi connectivity index (χ4v) is 1.68. The molecule has 17 heavy (non-hydrogen) atoms. The number of aldehydes is 1. The van der Waals surface area contributed by atoms with E-state index >= 15 is 0 Å². The van der Waals surface area contributed by atoms with E-state index in [9.17, 15) is 4.79 Å². The minimum Gasteiger partial charge on any atom is -0.303 e. The Kier molecular flexibility index (Phi) is 3.32. The molecule has 1 atom stereocenters. The van der Waals surface area contributed by atoms with Crippen LogP contribution in [0.5, 0.6) is 0 Å². The van der Waals surface area contributed by atoms with Crippen molar-refractivity contribution in [1.29, 1.82) is 0 Å². The molecule has 0 radical (unpaired) electrons. The van der Waals surface area contributed by atoms with E-state index < -0.39 is 0 Å². The predicted molar refractivity (Wildman–Crippen MR) is 65.2 cm³/mol. The van der Waals surface area contributed by atoms with Gasteiger partial charge in [0.05, 0.1) is 17.6 Å². The summed E-state index contributed by atoms with van der Waals surface area (Å²) in [7, 11) is 0. The van der Waals surface area contributed by atoms with E-state index in [0.717, 1.165) is 23.2 Å². The van der Waals surface area contributed by atoms with E-state index in [0.29, 0.717) is 6.42 Å². The number of nitrogens with zero attached hydrogens (tertiary/aromatic N) is 3. The third-order valence-corrected chi connectivity index (χ3v) is 2.75. The van der Waals surface area contributed by atoms with Gasteiger partial charge in [-0.05, 0) is 30.5 Å². The minimum absolute atomic E-state index is 0.258. The van der Waals surface area contributed by atoms with Crippen molar-refractivity contribution in [2.24, 2.45) is 0 Å². The molecule has 0 bridgehead atoms. The minimum atomic E-state index is 0.258. The Balaban J connectivity index is 2.21. The Morgan fingerprint density at radius 2 is 2.06 bits per heavy atom. The summed E-state index contributed by atoms with van der Waals surface area (Å²) in [6, 6.07) is 7.97. The zero-order chi connectivity index (χ0) is 12.3. The largest absolute Gasteiger partial charge is 0.303 e. The van der Waals surface area contributed by atoms with E-state index in [1.165, 1.54) is 0 Å². The van der Waals surface area contributed by atoms with Crippen LogP contribution in [0.2, 0.25) is 0 Å². The summed E-state index contributed by atoms with van der Waals surface area (Å²) in [5.41, 5.74) is 2.98. The summed E-state index contributed by atoms with van der Waals surface area (Å²) in [4.78, 5) is 12.1. The van der Waals surface area contributed by atoms with Crippen LogP contribution >= 0.6 is 0 Å². The molecule has 2 aromatic rings. The van der Waals surface area contributed by atoms with Crippen LogP contribution < -0.4 is 0 Å². The normalized spacial score (nSPS) is 12.4. The molecule has 4 heteroatoms.